The van der Waals surface area contributed by atoms with E-state index < -0.39 is 10.0 Å². The third-order valence-electron chi connectivity index (χ3n) is 3.31. The van der Waals surface area contributed by atoms with Crippen molar-refractivity contribution in [3.8, 4) is 0 Å². The first-order chi connectivity index (χ1) is 8.13. The van der Waals surface area contributed by atoms with E-state index in [4.69, 9.17) is 0 Å². The van der Waals surface area contributed by atoms with Crippen LogP contribution in [-0.2, 0) is 10.0 Å². The molecule has 3 nitrogen and oxygen atoms in total. The SMILES string of the molecule is CCCCS(=O)(=O)N1CCC(c2ccsc2)C1. The van der Waals surface area contributed by atoms with Crippen LogP contribution in [0.4, 0.5) is 0 Å². The fraction of sp³-hybridized carbons (Fsp3) is 0.667. The summed E-state index contributed by atoms with van der Waals surface area (Å²) < 4.78 is 25.7. The molecule has 0 N–H and O–H groups in total. The van der Waals surface area contributed by atoms with Crippen molar-refractivity contribution in [3.05, 3.63) is 22.4 Å². The number of hydrogen-bond acceptors (Lipinski definition) is 3. The molecule has 0 bridgehead atoms. The zero-order chi connectivity index (χ0) is 12.3. The Hall–Kier alpha value is -0.390. The number of sulfonamides is 1. The van der Waals surface area contributed by atoms with Crippen molar-refractivity contribution in [1.29, 1.82) is 0 Å². The Bertz CT molecular complexity index is 439. The maximum absolute atomic E-state index is 12.0. The molecule has 0 saturated carbocycles. The molecule has 0 radical (unpaired) electrons. The van der Waals surface area contributed by atoms with Crippen LogP contribution in [0, 0.1) is 0 Å². The summed E-state index contributed by atoms with van der Waals surface area (Å²) >= 11 is 1.68. The van der Waals surface area contributed by atoms with Gasteiger partial charge in [-0.2, -0.15) is 11.3 Å². The monoisotopic (exact) mass is 273 g/mol. The summed E-state index contributed by atoms with van der Waals surface area (Å²) in [4.78, 5) is 0. The Morgan fingerprint density at radius 2 is 2.35 bits per heavy atom. The Labute approximate surface area is 108 Å². The summed E-state index contributed by atoms with van der Waals surface area (Å²) in [5, 5.41) is 4.19. The van der Waals surface area contributed by atoms with Gasteiger partial charge >= 0.3 is 0 Å². The van der Waals surface area contributed by atoms with Crippen molar-refractivity contribution < 1.29 is 8.42 Å². The summed E-state index contributed by atoms with van der Waals surface area (Å²) in [6.07, 6.45) is 2.66. The first-order valence-electron chi connectivity index (χ1n) is 6.13. The first kappa shape index (κ1) is 13.1. The number of rotatable bonds is 5. The lowest BCUT2D eigenvalue weighted by atomic mass is 10.0. The minimum Gasteiger partial charge on any atom is -0.212 e. The highest BCUT2D eigenvalue weighted by Gasteiger charge is 2.31. The largest absolute Gasteiger partial charge is 0.214 e. The van der Waals surface area contributed by atoms with Crippen molar-refractivity contribution in [2.45, 2.75) is 32.1 Å². The van der Waals surface area contributed by atoms with E-state index in [-0.39, 0.29) is 0 Å². The van der Waals surface area contributed by atoms with Crippen LogP contribution in [0.25, 0.3) is 0 Å². The summed E-state index contributed by atoms with van der Waals surface area (Å²) in [5.74, 6) is 0.706. The smallest absolute Gasteiger partial charge is 0.212 e. The van der Waals surface area contributed by atoms with Crippen LogP contribution in [0.15, 0.2) is 16.8 Å². The lowest BCUT2D eigenvalue weighted by Crippen LogP contribution is -2.30. The zero-order valence-corrected chi connectivity index (χ0v) is 11.8. The number of thiophene rings is 1. The molecule has 1 atom stereocenters. The molecule has 2 rings (SSSR count). The molecule has 5 heteroatoms. The van der Waals surface area contributed by atoms with E-state index in [1.807, 2.05) is 6.92 Å². The molecule has 1 unspecified atom stereocenters. The minimum absolute atomic E-state index is 0.305. The van der Waals surface area contributed by atoms with Gasteiger partial charge in [-0.25, -0.2) is 12.7 Å². The maximum Gasteiger partial charge on any atom is 0.214 e. The maximum atomic E-state index is 12.0. The topological polar surface area (TPSA) is 37.4 Å². The summed E-state index contributed by atoms with van der Waals surface area (Å²) in [5.41, 5.74) is 1.29. The van der Waals surface area contributed by atoms with Gasteiger partial charge in [-0.15, -0.1) is 0 Å². The third kappa shape index (κ3) is 3.09. The van der Waals surface area contributed by atoms with Gasteiger partial charge in [0.25, 0.3) is 0 Å². The molecule has 1 fully saturated rings. The van der Waals surface area contributed by atoms with Crippen molar-refractivity contribution in [2.75, 3.05) is 18.8 Å². The molecular formula is C12H19NO2S2. The highest BCUT2D eigenvalue weighted by Crippen LogP contribution is 2.30. The molecule has 0 aromatic carbocycles. The van der Waals surface area contributed by atoms with Crippen LogP contribution in [0.2, 0.25) is 0 Å². The van der Waals surface area contributed by atoms with Crippen LogP contribution in [0.5, 0.6) is 0 Å². The summed E-state index contributed by atoms with van der Waals surface area (Å²) in [7, 11) is -3.01. The number of nitrogens with zero attached hydrogens (tertiary/aromatic N) is 1. The van der Waals surface area contributed by atoms with Gasteiger partial charge in [0.1, 0.15) is 0 Å². The van der Waals surface area contributed by atoms with E-state index in [1.54, 1.807) is 15.6 Å². The van der Waals surface area contributed by atoms with Gasteiger partial charge < -0.3 is 0 Å². The van der Waals surface area contributed by atoms with Crippen LogP contribution in [0.1, 0.15) is 37.7 Å². The predicted molar refractivity (Wildman–Crippen MR) is 71.9 cm³/mol. The molecular weight excluding hydrogens is 254 g/mol. The fourth-order valence-corrected chi connectivity index (χ4v) is 4.66. The van der Waals surface area contributed by atoms with Crippen LogP contribution in [-0.4, -0.2) is 31.6 Å². The second kappa shape index (κ2) is 5.50. The van der Waals surface area contributed by atoms with Crippen molar-refractivity contribution in [1.82, 2.24) is 4.31 Å². The van der Waals surface area contributed by atoms with Crippen LogP contribution >= 0.6 is 11.3 Å². The molecule has 1 aliphatic rings. The van der Waals surface area contributed by atoms with Crippen molar-refractivity contribution in [3.63, 3.8) is 0 Å². The first-order valence-corrected chi connectivity index (χ1v) is 8.68. The quantitative estimate of drug-likeness (QED) is 0.827. The molecule has 17 heavy (non-hydrogen) atoms. The van der Waals surface area contributed by atoms with E-state index in [0.29, 0.717) is 24.8 Å². The minimum atomic E-state index is -3.01. The second-order valence-corrected chi connectivity index (χ2v) is 7.44. The van der Waals surface area contributed by atoms with Gasteiger partial charge in [0.2, 0.25) is 10.0 Å². The van der Waals surface area contributed by atoms with E-state index >= 15 is 0 Å². The molecule has 0 spiro atoms. The van der Waals surface area contributed by atoms with Gasteiger partial charge in [-0.3, -0.25) is 0 Å². The van der Waals surface area contributed by atoms with Gasteiger partial charge in [-0.1, -0.05) is 13.3 Å². The second-order valence-electron chi connectivity index (χ2n) is 4.57. The molecule has 96 valence electrons. The normalized spacial score (nSPS) is 22.1. The average Bonchev–Trinajstić information content (AvgIpc) is 2.95. The highest BCUT2D eigenvalue weighted by molar-refractivity contribution is 7.89. The van der Waals surface area contributed by atoms with E-state index in [0.717, 1.165) is 19.3 Å². The van der Waals surface area contributed by atoms with E-state index in [9.17, 15) is 8.42 Å². The van der Waals surface area contributed by atoms with Gasteiger partial charge in [-0.05, 0) is 41.1 Å². The van der Waals surface area contributed by atoms with Gasteiger partial charge in [0.15, 0.2) is 0 Å². The van der Waals surface area contributed by atoms with Crippen molar-refractivity contribution in [2.24, 2.45) is 0 Å². The molecule has 1 aromatic rings. The van der Waals surface area contributed by atoms with E-state index in [1.165, 1.54) is 5.56 Å². The Kier molecular flexibility index (Phi) is 4.22. The average molecular weight is 273 g/mol. The number of unbranched alkanes of at least 4 members (excludes halogenated alkanes) is 1. The lowest BCUT2D eigenvalue weighted by molar-refractivity contribution is 0.471. The van der Waals surface area contributed by atoms with E-state index in [2.05, 4.69) is 16.8 Å². The summed E-state index contributed by atoms with van der Waals surface area (Å²) in [6, 6.07) is 2.11. The number of hydrogen-bond donors (Lipinski definition) is 0. The molecule has 0 aliphatic carbocycles. The van der Waals surface area contributed by atoms with Crippen LogP contribution in [0.3, 0.4) is 0 Å². The molecule has 1 aliphatic heterocycles. The lowest BCUT2D eigenvalue weighted by Gasteiger charge is -2.16. The highest BCUT2D eigenvalue weighted by atomic mass is 32.2. The Balaban J connectivity index is 1.98. The predicted octanol–water partition coefficient (Wildman–Crippen LogP) is 2.67. The Morgan fingerprint density at radius 3 is 3.00 bits per heavy atom. The zero-order valence-electron chi connectivity index (χ0n) is 10.1. The standard InChI is InChI=1S/C12H19NO2S2/c1-2-3-8-17(14,15)13-6-4-11(9-13)12-5-7-16-10-12/h5,7,10-11H,2-4,6,8-9H2,1H3. The molecule has 1 aromatic heterocycles. The summed E-state index contributed by atoms with van der Waals surface area (Å²) in [6.45, 7) is 3.38. The molecule has 2 heterocycles. The Morgan fingerprint density at radius 1 is 1.53 bits per heavy atom. The van der Waals surface area contributed by atoms with Crippen LogP contribution < -0.4 is 0 Å². The molecule has 0 amide bonds. The van der Waals surface area contributed by atoms with Gasteiger partial charge in [0, 0.05) is 13.1 Å². The molecule has 1 saturated heterocycles. The third-order valence-corrected chi connectivity index (χ3v) is 5.94. The van der Waals surface area contributed by atoms with Gasteiger partial charge in [0.05, 0.1) is 5.75 Å². The fourth-order valence-electron chi connectivity index (χ4n) is 2.22. The van der Waals surface area contributed by atoms with Crippen molar-refractivity contribution >= 4 is 21.4 Å².